The summed E-state index contributed by atoms with van der Waals surface area (Å²) in [5.41, 5.74) is 10.4. The molecule has 0 aromatic carbocycles. The van der Waals surface area contributed by atoms with Crippen LogP contribution in [0.4, 0.5) is 11.5 Å². The SMILES string of the molecule is Cc1ccc2c(N)c(N3CCC(NCCO)C3)nn2c1C. The molecule has 3 heterocycles. The first-order valence-corrected chi connectivity index (χ1v) is 7.45. The van der Waals surface area contributed by atoms with Crippen molar-refractivity contribution in [2.45, 2.75) is 26.3 Å². The molecule has 0 amide bonds. The molecule has 0 aliphatic carbocycles. The van der Waals surface area contributed by atoms with Gasteiger partial charge >= 0.3 is 0 Å². The number of hydrogen-bond donors (Lipinski definition) is 3. The number of nitrogens with two attached hydrogens (primary N) is 1. The van der Waals surface area contributed by atoms with Gasteiger partial charge in [-0.1, -0.05) is 6.07 Å². The van der Waals surface area contributed by atoms with Crippen molar-refractivity contribution in [1.29, 1.82) is 0 Å². The van der Waals surface area contributed by atoms with Crippen LogP contribution in [0.15, 0.2) is 12.1 Å². The Kier molecular flexibility index (Phi) is 3.73. The fourth-order valence-electron chi connectivity index (χ4n) is 2.96. The predicted octanol–water partition coefficient (Wildman–Crippen LogP) is 0.694. The number of aliphatic hydroxyl groups is 1. The lowest BCUT2D eigenvalue weighted by atomic mass is 10.2. The first kappa shape index (κ1) is 14.2. The van der Waals surface area contributed by atoms with Crippen LogP contribution in [-0.4, -0.2) is 47.0 Å². The molecule has 6 heteroatoms. The van der Waals surface area contributed by atoms with Crippen molar-refractivity contribution in [2.24, 2.45) is 0 Å². The van der Waals surface area contributed by atoms with Crippen molar-refractivity contribution < 1.29 is 5.11 Å². The van der Waals surface area contributed by atoms with Crippen LogP contribution in [0, 0.1) is 13.8 Å². The molecule has 114 valence electrons. The topological polar surface area (TPSA) is 78.8 Å². The highest BCUT2D eigenvalue weighted by atomic mass is 16.3. The van der Waals surface area contributed by atoms with Gasteiger partial charge in [0, 0.05) is 31.4 Å². The number of aromatic nitrogens is 2. The van der Waals surface area contributed by atoms with Crippen molar-refractivity contribution in [1.82, 2.24) is 14.9 Å². The van der Waals surface area contributed by atoms with E-state index in [1.807, 2.05) is 10.6 Å². The molecule has 0 radical (unpaired) electrons. The van der Waals surface area contributed by atoms with Crippen LogP contribution in [0.1, 0.15) is 17.7 Å². The Labute approximate surface area is 124 Å². The Morgan fingerprint density at radius 3 is 3.00 bits per heavy atom. The Bertz CT molecular complexity index is 651. The van der Waals surface area contributed by atoms with Crippen molar-refractivity contribution in [3.63, 3.8) is 0 Å². The summed E-state index contributed by atoms with van der Waals surface area (Å²) < 4.78 is 1.94. The van der Waals surface area contributed by atoms with Crippen LogP contribution in [0.3, 0.4) is 0 Å². The summed E-state index contributed by atoms with van der Waals surface area (Å²) in [6, 6.07) is 4.51. The minimum absolute atomic E-state index is 0.172. The van der Waals surface area contributed by atoms with E-state index in [1.54, 1.807) is 0 Å². The molecule has 21 heavy (non-hydrogen) atoms. The predicted molar refractivity (Wildman–Crippen MR) is 84.8 cm³/mol. The first-order chi connectivity index (χ1) is 10.1. The number of fused-ring (bicyclic) bond motifs is 1. The number of nitrogen functional groups attached to an aromatic ring is 1. The molecule has 6 nitrogen and oxygen atoms in total. The Morgan fingerprint density at radius 2 is 2.24 bits per heavy atom. The summed E-state index contributed by atoms with van der Waals surface area (Å²) >= 11 is 0. The maximum atomic E-state index is 8.89. The molecule has 1 saturated heterocycles. The number of pyridine rings is 1. The van der Waals surface area contributed by atoms with Crippen molar-refractivity contribution in [3.05, 3.63) is 23.4 Å². The van der Waals surface area contributed by atoms with E-state index in [0.29, 0.717) is 12.6 Å². The summed E-state index contributed by atoms with van der Waals surface area (Å²) in [5.74, 6) is 0.872. The zero-order valence-corrected chi connectivity index (χ0v) is 12.6. The molecule has 3 rings (SSSR count). The van der Waals surface area contributed by atoms with Crippen molar-refractivity contribution >= 4 is 17.0 Å². The van der Waals surface area contributed by atoms with Crippen LogP contribution < -0.4 is 16.0 Å². The van der Waals surface area contributed by atoms with E-state index in [-0.39, 0.29) is 6.61 Å². The van der Waals surface area contributed by atoms with Gasteiger partial charge in [0.25, 0.3) is 0 Å². The average Bonchev–Trinajstić information content (AvgIpc) is 3.06. The highest BCUT2D eigenvalue weighted by molar-refractivity contribution is 5.82. The van der Waals surface area contributed by atoms with E-state index in [0.717, 1.165) is 42.2 Å². The Hall–Kier alpha value is -1.79. The lowest BCUT2D eigenvalue weighted by molar-refractivity contribution is 0.286. The monoisotopic (exact) mass is 289 g/mol. The van der Waals surface area contributed by atoms with Crippen molar-refractivity contribution in [3.8, 4) is 0 Å². The fraction of sp³-hybridized carbons (Fsp3) is 0.533. The fourth-order valence-corrected chi connectivity index (χ4v) is 2.96. The highest BCUT2D eigenvalue weighted by Gasteiger charge is 2.26. The zero-order valence-electron chi connectivity index (χ0n) is 12.6. The maximum Gasteiger partial charge on any atom is 0.175 e. The molecule has 2 aromatic rings. The summed E-state index contributed by atoms with van der Waals surface area (Å²) in [6.07, 6.45) is 1.05. The smallest absolute Gasteiger partial charge is 0.175 e. The zero-order chi connectivity index (χ0) is 15.0. The molecule has 1 atom stereocenters. The van der Waals surface area contributed by atoms with Gasteiger partial charge in [-0.3, -0.25) is 0 Å². The van der Waals surface area contributed by atoms with E-state index in [4.69, 9.17) is 15.9 Å². The standard InChI is InChI=1S/C15H23N5O/c1-10-3-4-13-14(16)15(18-20(13)11(10)2)19-7-5-12(9-19)17-6-8-21/h3-4,12,17,21H,5-9,16H2,1-2H3. The number of hydrogen-bond acceptors (Lipinski definition) is 5. The molecule has 1 unspecified atom stereocenters. The minimum Gasteiger partial charge on any atom is -0.395 e. The van der Waals surface area contributed by atoms with Crippen LogP contribution in [0.2, 0.25) is 0 Å². The number of rotatable bonds is 4. The highest BCUT2D eigenvalue weighted by Crippen LogP contribution is 2.30. The van der Waals surface area contributed by atoms with Gasteiger partial charge < -0.3 is 21.1 Å². The third kappa shape index (κ3) is 2.45. The summed E-state index contributed by atoms with van der Waals surface area (Å²) in [7, 11) is 0. The molecule has 0 bridgehead atoms. The average molecular weight is 289 g/mol. The molecule has 2 aromatic heterocycles. The number of aryl methyl sites for hydroxylation is 2. The van der Waals surface area contributed by atoms with Gasteiger partial charge in [0.05, 0.1) is 12.1 Å². The second-order valence-corrected chi connectivity index (χ2v) is 5.75. The number of aliphatic hydroxyl groups excluding tert-OH is 1. The van der Waals surface area contributed by atoms with Gasteiger partial charge in [-0.05, 0) is 31.9 Å². The molecule has 0 saturated carbocycles. The largest absolute Gasteiger partial charge is 0.395 e. The Balaban J connectivity index is 1.88. The normalized spacial score (nSPS) is 18.8. The quantitative estimate of drug-likeness (QED) is 0.772. The third-order valence-corrected chi connectivity index (χ3v) is 4.35. The van der Waals surface area contributed by atoms with Crippen LogP contribution >= 0.6 is 0 Å². The van der Waals surface area contributed by atoms with Gasteiger partial charge in [0.1, 0.15) is 5.69 Å². The summed E-state index contributed by atoms with van der Waals surface area (Å²) in [5, 5.41) is 16.9. The van der Waals surface area contributed by atoms with Crippen molar-refractivity contribution in [2.75, 3.05) is 36.9 Å². The first-order valence-electron chi connectivity index (χ1n) is 7.45. The van der Waals surface area contributed by atoms with E-state index in [9.17, 15) is 0 Å². The summed E-state index contributed by atoms with van der Waals surface area (Å²) in [6.45, 7) is 6.77. The van der Waals surface area contributed by atoms with Crippen LogP contribution in [0.25, 0.3) is 5.52 Å². The third-order valence-electron chi connectivity index (χ3n) is 4.35. The lowest BCUT2D eigenvalue weighted by Gasteiger charge is -2.16. The number of nitrogens with one attached hydrogen (secondary N) is 1. The van der Waals surface area contributed by atoms with Gasteiger partial charge in [-0.25, -0.2) is 4.52 Å². The second kappa shape index (κ2) is 5.54. The molecular weight excluding hydrogens is 266 g/mol. The molecular formula is C15H23N5O. The molecule has 1 aliphatic rings. The number of anilines is 2. The molecule has 0 spiro atoms. The van der Waals surface area contributed by atoms with Gasteiger partial charge in [0.15, 0.2) is 5.82 Å². The van der Waals surface area contributed by atoms with E-state index >= 15 is 0 Å². The molecule has 1 fully saturated rings. The minimum atomic E-state index is 0.172. The van der Waals surface area contributed by atoms with Gasteiger partial charge in [-0.2, -0.15) is 0 Å². The van der Waals surface area contributed by atoms with Gasteiger partial charge in [0.2, 0.25) is 0 Å². The van der Waals surface area contributed by atoms with E-state index < -0.39 is 0 Å². The van der Waals surface area contributed by atoms with Gasteiger partial charge in [-0.15, -0.1) is 5.10 Å². The maximum absolute atomic E-state index is 8.89. The van der Waals surface area contributed by atoms with E-state index in [2.05, 4.69) is 30.1 Å². The molecule has 1 aliphatic heterocycles. The number of nitrogens with zero attached hydrogens (tertiary/aromatic N) is 3. The summed E-state index contributed by atoms with van der Waals surface area (Å²) in [4.78, 5) is 2.23. The second-order valence-electron chi connectivity index (χ2n) is 5.75. The Morgan fingerprint density at radius 1 is 1.43 bits per heavy atom. The lowest BCUT2D eigenvalue weighted by Crippen LogP contribution is -2.34. The molecule has 4 N–H and O–H groups in total. The van der Waals surface area contributed by atoms with E-state index in [1.165, 1.54) is 5.56 Å². The van der Waals surface area contributed by atoms with Crippen LogP contribution in [0.5, 0.6) is 0 Å². The van der Waals surface area contributed by atoms with Crippen LogP contribution in [-0.2, 0) is 0 Å².